The van der Waals surface area contributed by atoms with Crippen molar-refractivity contribution in [2.45, 2.75) is 289 Å². The van der Waals surface area contributed by atoms with E-state index in [1.54, 1.807) is 0 Å². The monoisotopic (exact) mass is 997 g/mol. The first-order chi connectivity index (χ1) is 30.0. The van der Waals surface area contributed by atoms with Crippen LogP contribution < -0.4 is 75.4 Å². The summed E-state index contributed by atoms with van der Waals surface area (Å²) in [4.78, 5) is 0. The van der Waals surface area contributed by atoms with Crippen LogP contribution in [-0.4, -0.2) is 57.7 Å². The maximum absolute atomic E-state index is 6.75. The van der Waals surface area contributed by atoms with Crippen molar-refractivity contribution >= 4 is 33.3 Å². The van der Waals surface area contributed by atoms with Crippen LogP contribution in [0.1, 0.15) is 192 Å². The maximum Gasteiger partial charge on any atom is 1.00 e. The zero-order valence-electron chi connectivity index (χ0n) is 52.2. The number of hydrogen-bond acceptors (Lipinski definition) is 4. The van der Waals surface area contributed by atoms with Crippen molar-refractivity contribution in [3.05, 3.63) is 0 Å². The fourth-order valence-electron chi connectivity index (χ4n) is 12.9. The number of rotatable bonds is 20. The largest absolute Gasteiger partial charge is 1.00 e. The Balaban J connectivity index is -0.000000394. The fraction of sp³-hybridized carbons (Fsp3) is 1.00. The summed E-state index contributed by atoms with van der Waals surface area (Å²) in [6, 6.07) is 15.4. The Bertz CT molecular complexity index is 1180. The van der Waals surface area contributed by atoms with Gasteiger partial charge in [0.1, 0.15) is 0 Å². The van der Waals surface area contributed by atoms with E-state index in [-0.39, 0.29) is 75.4 Å². The van der Waals surface area contributed by atoms with Crippen molar-refractivity contribution in [3.63, 3.8) is 0 Å². The SMILES string of the molecule is CC[Si](CC)(CC)OC1C(C)C(C)C(C)C1C.CC[Si](CC)(CC)OC1C(C)CC(C)C1C.CC[Si](CC)(CC)OC1C(C)CCC1C.CC[Si](CC)(CC)OC1CC(C)C(C)C1C.[Li+].[Li+].[Li+].[Li+]. The first-order valence-electron chi connectivity index (χ1n) is 28.7. The van der Waals surface area contributed by atoms with Crippen molar-refractivity contribution in [1.29, 1.82) is 0 Å². The smallest absolute Gasteiger partial charge is 0.414 e. The van der Waals surface area contributed by atoms with Gasteiger partial charge in [0.2, 0.25) is 0 Å². The molecule has 12 heteroatoms. The zero-order chi connectivity index (χ0) is 49.4. The molecule has 0 aromatic rings. The van der Waals surface area contributed by atoms with Gasteiger partial charge in [-0.1, -0.05) is 166 Å². The molecule has 4 nitrogen and oxygen atoms in total. The fourth-order valence-corrected chi connectivity index (χ4v) is 24.9. The molecule has 0 saturated heterocycles. The summed E-state index contributed by atoms with van der Waals surface area (Å²) in [6.45, 7) is 56.6. The molecule has 4 aliphatic rings. The minimum Gasteiger partial charge on any atom is -0.414 e. The molecular weight excluding hydrogens is 877 g/mol. The summed E-state index contributed by atoms with van der Waals surface area (Å²) in [5, 5.41) is 0. The second-order valence-electron chi connectivity index (χ2n) is 23.3. The minimum absolute atomic E-state index is 0. The maximum atomic E-state index is 6.75. The molecule has 0 radical (unpaired) electrons. The van der Waals surface area contributed by atoms with Gasteiger partial charge in [0.05, 0.1) is 18.3 Å². The van der Waals surface area contributed by atoms with E-state index < -0.39 is 33.3 Å². The van der Waals surface area contributed by atoms with Crippen LogP contribution in [0.3, 0.4) is 0 Å². The van der Waals surface area contributed by atoms with Crippen molar-refractivity contribution in [2.75, 3.05) is 0 Å². The molecule has 0 spiro atoms. The molecule has 4 rings (SSSR count). The summed E-state index contributed by atoms with van der Waals surface area (Å²) in [7, 11) is -5.57. The average molecular weight is 998 g/mol. The molecular formula is C56H120Li4O4Si4+4. The van der Waals surface area contributed by atoms with Gasteiger partial charge >= 0.3 is 75.4 Å². The molecule has 14 unspecified atom stereocenters. The quantitative estimate of drug-likeness (QED) is 0.126. The Morgan fingerprint density at radius 3 is 0.809 bits per heavy atom. The normalized spacial score (nSPS) is 33.5. The van der Waals surface area contributed by atoms with Gasteiger partial charge in [-0.05, 0) is 169 Å². The summed E-state index contributed by atoms with van der Waals surface area (Å²) in [5.74, 6) is 9.47. The van der Waals surface area contributed by atoms with Gasteiger partial charge < -0.3 is 17.7 Å². The van der Waals surface area contributed by atoms with Crippen LogP contribution in [0.15, 0.2) is 0 Å². The predicted octanol–water partition coefficient (Wildman–Crippen LogP) is 6.77. The molecule has 4 fully saturated rings. The van der Waals surface area contributed by atoms with Gasteiger partial charge in [0.25, 0.3) is 0 Å². The van der Waals surface area contributed by atoms with E-state index >= 15 is 0 Å². The second kappa shape index (κ2) is 37.0. The van der Waals surface area contributed by atoms with E-state index in [9.17, 15) is 0 Å². The van der Waals surface area contributed by atoms with Crippen molar-refractivity contribution < 1.29 is 93.1 Å². The predicted molar refractivity (Wildman–Crippen MR) is 297 cm³/mol. The topological polar surface area (TPSA) is 36.9 Å². The third-order valence-corrected chi connectivity index (χ3v) is 39.2. The van der Waals surface area contributed by atoms with E-state index in [4.69, 9.17) is 17.7 Å². The third-order valence-electron chi connectivity index (χ3n) is 20.7. The molecule has 14 atom stereocenters. The minimum atomic E-state index is -1.43. The Hall–Kier alpha value is 3.10. The molecule has 68 heavy (non-hydrogen) atoms. The van der Waals surface area contributed by atoms with Gasteiger partial charge in [-0.15, -0.1) is 0 Å². The number of hydrogen-bond donors (Lipinski definition) is 0. The molecule has 4 aliphatic carbocycles. The Morgan fingerprint density at radius 1 is 0.265 bits per heavy atom. The van der Waals surface area contributed by atoms with Gasteiger partial charge in [-0.3, -0.25) is 0 Å². The molecule has 0 heterocycles. The van der Waals surface area contributed by atoms with E-state index in [0.717, 1.165) is 71.0 Å². The Morgan fingerprint density at radius 2 is 0.544 bits per heavy atom. The standard InChI is InChI=1S/C15H32OSi.2C14H30OSi.C13H28OSi.4Li/c1-8-17(9-2,10-3)16-15-13(6)11(4)12(5)14(15)7;1-7-16(8-2,9-3)15-14-10-11(4)12(5)13(14)6;1-7-16(8-2,9-3)15-14-12(5)10-11(4)13(14)6;1-6-15(7-2,8-3)14-13-11(4)9-10-12(13)5;;;;/h11-15H,8-10H2,1-7H3;2*11-14H,7-10H2,1-6H3;11-13H,6-10H2,1-5H3;;;;/q;;;;4*+1. The summed E-state index contributed by atoms with van der Waals surface area (Å²) in [6.07, 6.45) is 7.56. The molecule has 0 aliphatic heterocycles. The van der Waals surface area contributed by atoms with Crippen LogP contribution in [0.2, 0.25) is 72.5 Å². The van der Waals surface area contributed by atoms with Gasteiger partial charge in [0.15, 0.2) is 33.3 Å². The Kier molecular flexibility index (Phi) is 42.2. The van der Waals surface area contributed by atoms with Gasteiger partial charge in [0, 0.05) is 6.10 Å². The van der Waals surface area contributed by atoms with Crippen LogP contribution in [0.25, 0.3) is 0 Å². The zero-order valence-corrected chi connectivity index (χ0v) is 56.2. The second-order valence-corrected chi connectivity index (χ2v) is 42.2. The van der Waals surface area contributed by atoms with Gasteiger partial charge in [-0.25, -0.2) is 0 Å². The first kappa shape index (κ1) is 77.6. The van der Waals surface area contributed by atoms with Crippen LogP contribution in [-0.2, 0) is 17.7 Å². The molecule has 0 amide bonds. The summed E-state index contributed by atoms with van der Waals surface area (Å²) in [5.41, 5.74) is 0. The van der Waals surface area contributed by atoms with Gasteiger partial charge in [-0.2, -0.15) is 0 Å². The van der Waals surface area contributed by atoms with Crippen molar-refractivity contribution in [1.82, 2.24) is 0 Å². The average Bonchev–Trinajstić information content (AvgIpc) is 3.91. The summed E-state index contributed by atoms with van der Waals surface area (Å²) >= 11 is 0. The van der Waals surface area contributed by atoms with Crippen LogP contribution in [0.4, 0.5) is 0 Å². The molecule has 4 saturated carbocycles. The van der Waals surface area contributed by atoms with Crippen LogP contribution >= 0.6 is 0 Å². The van der Waals surface area contributed by atoms with E-state index in [0.29, 0.717) is 24.4 Å². The third kappa shape index (κ3) is 20.8. The molecule has 0 aromatic heterocycles. The van der Waals surface area contributed by atoms with E-state index in [1.165, 1.54) is 98.2 Å². The van der Waals surface area contributed by atoms with Crippen LogP contribution in [0, 0.1) is 71.0 Å². The summed E-state index contributed by atoms with van der Waals surface area (Å²) < 4.78 is 26.7. The Labute approximate surface area is 481 Å². The van der Waals surface area contributed by atoms with Crippen molar-refractivity contribution in [2.24, 2.45) is 71.0 Å². The molecule has 0 aromatic carbocycles. The van der Waals surface area contributed by atoms with Crippen LogP contribution in [0.5, 0.6) is 0 Å². The van der Waals surface area contributed by atoms with E-state index in [1.807, 2.05) is 0 Å². The molecule has 0 N–H and O–H groups in total. The molecule has 384 valence electrons. The van der Waals surface area contributed by atoms with E-state index in [2.05, 4.69) is 166 Å². The van der Waals surface area contributed by atoms with Crippen molar-refractivity contribution in [3.8, 4) is 0 Å². The first-order valence-corrected chi connectivity index (χ1v) is 38.8. The molecule has 0 bridgehead atoms.